The van der Waals surface area contributed by atoms with Crippen molar-refractivity contribution in [1.29, 1.82) is 0 Å². The van der Waals surface area contributed by atoms with Crippen molar-refractivity contribution in [1.82, 2.24) is 29.4 Å². The Hall–Kier alpha value is -4.72. The Morgan fingerprint density at radius 1 is 1.02 bits per heavy atom. The second-order valence-electron chi connectivity index (χ2n) is 9.30. The van der Waals surface area contributed by atoms with Crippen LogP contribution in [0.5, 0.6) is 0 Å². The number of nitrogens with one attached hydrogen (secondary N) is 2. The number of nitrogens with two attached hydrogens (primary N) is 1. The Morgan fingerprint density at radius 2 is 1.75 bits per heavy atom. The van der Waals surface area contributed by atoms with Crippen molar-refractivity contribution in [3.8, 4) is 11.1 Å². The number of fused-ring (bicyclic) bond motifs is 1. The van der Waals surface area contributed by atoms with Gasteiger partial charge >= 0.3 is 12.2 Å². The Morgan fingerprint density at radius 3 is 2.42 bits per heavy atom. The molecule has 0 fully saturated rings. The maximum absolute atomic E-state index is 13.4. The lowest BCUT2D eigenvalue weighted by atomic mass is 10.0. The maximum Gasteiger partial charge on any atom is 0.433 e. The van der Waals surface area contributed by atoms with Crippen LogP contribution < -0.4 is 16.4 Å². The smallest absolute Gasteiger partial charge is 0.382 e. The third kappa shape index (κ3) is 6.46. The number of hydrogen-bond acceptors (Lipinski definition) is 7. The first-order valence-electron chi connectivity index (χ1n) is 12.2. The number of anilines is 3. The number of benzene rings is 1. The van der Waals surface area contributed by atoms with Gasteiger partial charge in [0, 0.05) is 31.0 Å². The molecular weight excluding hydrogens is 527 g/mol. The van der Waals surface area contributed by atoms with E-state index in [4.69, 9.17) is 5.73 Å². The van der Waals surface area contributed by atoms with Gasteiger partial charge in [-0.2, -0.15) is 18.3 Å². The highest BCUT2D eigenvalue weighted by Gasteiger charge is 2.32. The first-order valence-corrected chi connectivity index (χ1v) is 12.2. The van der Waals surface area contributed by atoms with E-state index in [0.717, 1.165) is 25.1 Å². The molecule has 14 heteroatoms. The number of carbonyl (C=O) groups is 2. The highest BCUT2D eigenvalue weighted by molar-refractivity contribution is 6.07. The molecule has 210 valence electrons. The molecule has 0 saturated heterocycles. The summed E-state index contributed by atoms with van der Waals surface area (Å²) in [5, 5.41) is 9.04. The third-order valence-corrected chi connectivity index (χ3v) is 5.99. The van der Waals surface area contributed by atoms with E-state index in [-0.39, 0.29) is 17.5 Å². The van der Waals surface area contributed by atoms with Crippen LogP contribution in [0.3, 0.4) is 0 Å². The number of rotatable bonds is 8. The summed E-state index contributed by atoms with van der Waals surface area (Å²) in [4.78, 5) is 37.0. The largest absolute Gasteiger partial charge is 0.433 e. The van der Waals surface area contributed by atoms with E-state index in [9.17, 15) is 22.8 Å². The van der Waals surface area contributed by atoms with Gasteiger partial charge in [0.1, 0.15) is 23.4 Å². The van der Waals surface area contributed by atoms with Crippen molar-refractivity contribution in [3.05, 3.63) is 66.2 Å². The van der Waals surface area contributed by atoms with Crippen LogP contribution in [0.2, 0.25) is 0 Å². The molecule has 4 N–H and O–H groups in total. The number of aromatic nitrogens is 4. The summed E-state index contributed by atoms with van der Waals surface area (Å²) in [5.74, 6) is -0.277. The number of alkyl halides is 3. The molecule has 0 bridgehead atoms. The Bertz CT molecular complexity index is 1520. The van der Waals surface area contributed by atoms with E-state index in [1.807, 2.05) is 19.0 Å². The van der Waals surface area contributed by atoms with Gasteiger partial charge in [-0.05, 0) is 56.9 Å². The summed E-state index contributed by atoms with van der Waals surface area (Å²) < 4.78 is 40.2. The molecule has 4 aromatic rings. The minimum Gasteiger partial charge on any atom is -0.382 e. The van der Waals surface area contributed by atoms with Crippen LogP contribution in [-0.4, -0.2) is 75.6 Å². The van der Waals surface area contributed by atoms with Gasteiger partial charge < -0.3 is 20.9 Å². The summed E-state index contributed by atoms with van der Waals surface area (Å²) in [7, 11) is 5.66. The third-order valence-electron chi connectivity index (χ3n) is 5.99. The summed E-state index contributed by atoms with van der Waals surface area (Å²) >= 11 is 0. The summed E-state index contributed by atoms with van der Waals surface area (Å²) in [6.45, 7) is 1.37. The molecular formula is C26H28F3N9O2. The molecule has 40 heavy (non-hydrogen) atoms. The minimum absolute atomic E-state index is 0.189. The standard InChI is InChI=1S/C26H28F3N9O2/c1-36(2)12-5-13-37(3)24(39)18-14-38-22(23(30)31-15-32-38)21(18)16-8-10-17(11-9-16)33-25(40)35-20-7-4-6-19(34-20)26(27,28)29/h4,6-11,14-15H,5,12-13H2,1-3H3,(H2,30,31,32)(H2,33,34,35,40). The zero-order chi connectivity index (χ0) is 29.0. The second-order valence-corrected chi connectivity index (χ2v) is 9.30. The van der Waals surface area contributed by atoms with Crippen LogP contribution in [-0.2, 0) is 6.18 Å². The number of carbonyl (C=O) groups excluding carboxylic acids is 2. The van der Waals surface area contributed by atoms with Crippen LogP contribution in [0.25, 0.3) is 16.6 Å². The van der Waals surface area contributed by atoms with Gasteiger partial charge in [-0.15, -0.1) is 0 Å². The highest BCUT2D eigenvalue weighted by atomic mass is 19.4. The zero-order valence-electron chi connectivity index (χ0n) is 22.0. The molecule has 0 radical (unpaired) electrons. The summed E-state index contributed by atoms with van der Waals surface area (Å²) in [6.07, 6.45) is -0.942. The van der Waals surface area contributed by atoms with Crippen LogP contribution in [0.4, 0.5) is 35.3 Å². The van der Waals surface area contributed by atoms with Crippen molar-refractivity contribution in [2.24, 2.45) is 0 Å². The normalized spacial score (nSPS) is 11.6. The van der Waals surface area contributed by atoms with Crippen LogP contribution in [0.15, 0.2) is 55.0 Å². The maximum atomic E-state index is 13.4. The molecule has 3 amide bonds. The van der Waals surface area contributed by atoms with E-state index < -0.39 is 17.9 Å². The first kappa shape index (κ1) is 28.3. The van der Waals surface area contributed by atoms with Gasteiger partial charge in [-0.25, -0.2) is 19.3 Å². The van der Waals surface area contributed by atoms with E-state index >= 15 is 0 Å². The van der Waals surface area contributed by atoms with Gasteiger partial charge in [0.05, 0.1) is 5.56 Å². The zero-order valence-corrected chi connectivity index (χ0v) is 22.0. The molecule has 1 aromatic carbocycles. The van der Waals surface area contributed by atoms with Gasteiger partial charge in [0.2, 0.25) is 0 Å². The van der Waals surface area contributed by atoms with Crippen LogP contribution in [0.1, 0.15) is 22.5 Å². The SMILES string of the molecule is CN(C)CCCN(C)C(=O)c1cn2ncnc(N)c2c1-c1ccc(NC(=O)Nc2cccc(C(F)(F)F)n2)cc1. The average Bonchev–Trinajstić information content (AvgIpc) is 3.29. The number of nitrogens with zero attached hydrogens (tertiary/aromatic N) is 6. The van der Waals surface area contributed by atoms with Gasteiger partial charge in [-0.3, -0.25) is 10.1 Å². The number of amides is 3. The first-order chi connectivity index (χ1) is 18.9. The second kappa shape index (κ2) is 11.6. The minimum atomic E-state index is -4.64. The Balaban J connectivity index is 1.56. The monoisotopic (exact) mass is 555 g/mol. The number of nitrogen functional groups attached to an aromatic ring is 1. The molecule has 0 aliphatic rings. The predicted molar refractivity (Wildman–Crippen MR) is 145 cm³/mol. The summed E-state index contributed by atoms with van der Waals surface area (Å²) in [5.41, 5.74) is 7.40. The molecule has 4 rings (SSSR count). The highest BCUT2D eigenvalue weighted by Crippen LogP contribution is 2.34. The molecule has 0 atom stereocenters. The van der Waals surface area contributed by atoms with Crippen molar-refractivity contribution < 1.29 is 22.8 Å². The van der Waals surface area contributed by atoms with Gasteiger partial charge in [0.25, 0.3) is 5.91 Å². The lowest BCUT2D eigenvalue weighted by Crippen LogP contribution is -2.29. The summed E-state index contributed by atoms with van der Waals surface area (Å²) in [6, 6.07) is 8.98. The van der Waals surface area contributed by atoms with E-state index in [1.54, 1.807) is 42.4 Å². The van der Waals surface area contributed by atoms with Crippen molar-refractivity contribution >= 4 is 34.8 Å². The van der Waals surface area contributed by atoms with E-state index in [0.29, 0.717) is 34.4 Å². The van der Waals surface area contributed by atoms with Crippen LogP contribution >= 0.6 is 0 Å². The lowest BCUT2D eigenvalue weighted by molar-refractivity contribution is -0.141. The van der Waals surface area contributed by atoms with E-state index in [2.05, 4.69) is 25.7 Å². The molecule has 3 heterocycles. The molecule has 3 aromatic heterocycles. The van der Waals surface area contributed by atoms with Crippen LogP contribution in [0, 0.1) is 0 Å². The molecule has 0 aliphatic heterocycles. The molecule has 0 unspecified atom stereocenters. The number of halogens is 3. The molecule has 0 aliphatic carbocycles. The Labute approximate surface area is 227 Å². The fourth-order valence-electron chi connectivity index (χ4n) is 4.08. The predicted octanol–water partition coefficient (Wildman–Crippen LogP) is 4.06. The Kier molecular flexibility index (Phi) is 8.18. The molecule has 0 saturated carbocycles. The van der Waals surface area contributed by atoms with Crippen molar-refractivity contribution in [2.75, 3.05) is 50.6 Å². The average molecular weight is 556 g/mol. The van der Waals surface area contributed by atoms with Crippen molar-refractivity contribution in [3.63, 3.8) is 0 Å². The number of pyridine rings is 1. The topological polar surface area (TPSA) is 134 Å². The lowest BCUT2D eigenvalue weighted by Gasteiger charge is -2.19. The molecule has 0 spiro atoms. The van der Waals surface area contributed by atoms with Gasteiger partial charge in [0.15, 0.2) is 5.82 Å². The molecule has 11 nitrogen and oxygen atoms in total. The fraction of sp³-hybridized carbons (Fsp3) is 0.269. The van der Waals surface area contributed by atoms with Gasteiger partial charge in [-0.1, -0.05) is 18.2 Å². The number of hydrogen-bond donors (Lipinski definition) is 3. The van der Waals surface area contributed by atoms with E-state index in [1.165, 1.54) is 16.9 Å². The fourth-order valence-corrected chi connectivity index (χ4v) is 4.08. The quantitative estimate of drug-likeness (QED) is 0.299. The van der Waals surface area contributed by atoms with Crippen molar-refractivity contribution in [2.45, 2.75) is 12.6 Å². The number of urea groups is 1.